The van der Waals surface area contributed by atoms with Gasteiger partial charge in [-0.15, -0.1) is 0 Å². The van der Waals surface area contributed by atoms with Crippen LogP contribution < -0.4 is 10.4 Å². The van der Waals surface area contributed by atoms with Crippen LogP contribution in [-0.2, 0) is 16.0 Å². The zero-order valence-electron chi connectivity index (χ0n) is 14.2. The van der Waals surface area contributed by atoms with E-state index in [4.69, 9.17) is 13.9 Å². The van der Waals surface area contributed by atoms with Crippen LogP contribution in [0.5, 0.6) is 5.75 Å². The van der Waals surface area contributed by atoms with Crippen molar-refractivity contribution in [3.05, 3.63) is 51.9 Å². The van der Waals surface area contributed by atoms with Crippen molar-refractivity contribution in [2.45, 2.75) is 40.4 Å². The molecular formula is C19H20O5. The molecular weight excluding hydrogens is 308 g/mol. The van der Waals surface area contributed by atoms with Crippen LogP contribution >= 0.6 is 0 Å². The van der Waals surface area contributed by atoms with Gasteiger partial charge in [0.15, 0.2) is 0 Å². The molecule has 0 bridgehead atoms. The number of rotatable bonds is 2. The molecule has 5 nitrogen and oxygen atoms in total. The molecule has 3 rings (SSSR count). The van der Waals surface area contributed by atoms with Crippen molar-refractivity contribution in [3.8, 4) is 5.75 Å². The van der Waals surface area contributed by atoms with E-state index < -0.39 is 17.9 Å². The monoisotopic (exact) mass is 328 g/mol. The van der Waals surface area contributed by atoms with Gasteiger partial charge in [-0.25, -0.2) is 9.59 Å². The molecule has 1 atom stereocenters. The molecule has 1 aromatic heterocycles. The standard InChI is InChI=1S/C19H20O5/c1-11(2)7-17(21)24-18-19(3,4)10-13-8-12-5-6-16(20)22-14(12)9-15(13)23-18/h5-9,18H,10H2,1-4H3. The summed E-state index contributed by atoms with van der Waals surface area (Å²) in [4.78, 5) is 23.3. The summed E-state index contributed by atoms with van der Waals surface area (Å²) in [6.45, 7) is 7.65. The second-order valence-electron chi connectivity index (χ2n) is 7.03. The predicted octanol–water partition coefficient (Wildman–Crippen LogP) is 3.59. The zero-order valence-corrected chi connectivity index (χ0v) is 14.2. The van der Waals surface area contributed by atoms with E-state index >= 15 is 0 Å². The predicted molar refractivity (Wildman–Crippen MR) is 89.9 cm³/mol. The minimum atomic E-state index is -0.707. The highest BCUT2D eigenvalue weighted by atomic mass is 16.7. The molecule has 0 saturated carbocycles. The molecule has 0 amide bonds. The lowest BCUT2D eigenvalue weighted by Crippen LogP contribution is -2.43. The van der Waals surface area contributed by atoms with Crippen molar-refractivity contribution in [3.63, 3.8) is 0 Å². The van der Waals surface area contributed by atoms with Gasteiger partial charge in [-0.1, -0.05) is 19.4 Å². The van der Waals surface area contributed by atoms with Crippen molar-refractivity contribution in [2.24, 2.45) is 5.41 Å². The quantitative estimate of drug-likeness (QED) is 0.479. The van der Waals surface area contributed by atoms with Gasteiger partial charge in [0, 0.05) is 29.0 Å². The summed E-state index contributed by atoms with van der Waals surface area (Å²) in [7, 11) is 0. The topological polar surface area (TPSA) is 65.7 Å². The van der Waals surface area contributed by atoms with E-state index in [1.807, 2.05) is 33.8 Å². The Morgan fingerprint density at radius 3 is 2.75 bits per heavy atom. The first-order valence-electron chi connectivity index (χ1n) is 7.83. The Hall–Kier alpha value is -2.56. The number of carbonyl (C=O) groups excluding carboxylic acids is 1. The van der Waals surface area contributed by atoms with E-state index in [1.54, 1.807) is 12.1 Å². The maximum Gasteiger partial charge on any atom is 0.336 e. The van der Waals surface area contributed by atoms with E-state index in [9.17, 15) is 9.59 Å². The largest absolute Gasteiger partial charge is 0.454 e. The van der Waals surface area contributed by atoms with Crippen LogP contribution in [-0.4, -0.2) is 12.3 Å². The third-order valence-corrected chi connectivity index (χ3v) is 3.95. The number of hydrogen-bond acceptors (Lipinski definition) is 5. The van der Waals surface area contributed by atoms with Crippen LogP contribution in [0.4, 0.5) is 0 Å². The molecule has 0 saturated heterocycles. The maximum atomic E-state index is 11.9. The molecule has 2 heterocycles. The molecule has 2 aromatic rings. The SMILES string of the molecule is CC(C)=CC(=O)OC1Oc2cc3oc(=O)ccc3cc2CC1(C)C. The molecule has 0 spiro atoms. The first kappa shape index (κ1) is 16.3. The number of carbonyl (C=O) groups is 1. The van der Waals surface area contributed by atoms with Crippen molar-refractivity contribution >= 4 is 16.9 Å². The Kier molecular flexibility index (Phi) is 3.95. The number of esters is 1. The van der Waals surface area contributed by atoms with Gasteiger partial charge in [0.05, 0.1) is 0 Å². The second kappa shape index (κ2) is 5.82. The van der Waals surface area contributed by atoms with Crippen molar-refractivity contribution in [1.29, 1.82) is 0 Å². The first-order valence-corrected chi connectivity index (χ1v) is 7.83. The van der Waals surface area contributed by atoms with Crippen LogP contribution in [0.25, 0.3) is 11.0 Å². The van der Waals surface area contributed by atoms with Gasteiger partial charge in [0.2, 0.25) is 6.29 Å². The van der Waals surface area contributed by atoms with Gasteiger partial charge in [-0.05, 0) is 38.0 Å². The zero-order chi connectivity index (χ0) is 17.5. The van der Waals surface area contributed by atoms with Crippen molar-refractivity contribution in [2.75, 3.05) is 0 Å². The Labute approximate surface area is 139 Å². The number of allylic oxidation sites excluding steroid dienone is 1. The normalized spacial score (nSPS) is 18.4. The van der Waals surface area contributed by atoms with Gasteiger partial charge in [-0.2, -0.15) is 0 Å². The maximum absolute atomic E-state index is 11.9. The highest BCUT2D eigenvalue weighted by molar-refractivity contribution is 5.83. The average Bonchev–Trinajstić information content (AvgIpc) is 2.45. The van der Waals surface area contributed by atoms with Crippen LogP contribution in [0.3, 0.4) is 0 Å². The van der Waals surface area contributed by atoms with Crippen molar-refractivity contribution < 1.29 is 18.7 Å². The fourth-order valence-electron chi connectivity index (χ4n) is 2.80. The molecule has 126 valence electrons. The molecule has 1 aliphatic rings. The third-order valence-electron chi connectivity index (χ3n) is 3.95. The molecule has 5 heteroatoms. The van der Waals surface area contributed by atoms with Gasteiger partial charge in [-0.3, -0.25) is 0 Å². The third kappa shape index (κ3) is 3.20. The molecule has 0 N–H and O–H groups in total. The fourth-order valence-corrected chi connectivity index (χ4v) is 2.80. The lowest BCUT2D eigenvalue weighted by Gasteiger charge is -2.38. The highest BCUT2D eigenvalue weighted by Crippen LogP contribution is 2.40. The minimum Gasteiger partial charge on any atom is -0.454 e. The molecule has 0 radical (unpaired) electrons. The molecule has 1 aliphatic heterocycles. The Morgan fingerprint density at radius 1 is 1.29 bits per heavy atom. The number of hydrogen-bond donors (Lipinski definition) is 0. The van der Waals surface area contributed by atoms with Gasteiger partial charge in [0.1, 0.15) is 11.3 Å². The Morgan fingerprint density at radius 2 is 2.04 bits per heavy atom. The summed E-state index contributed by atoms with van der Waals surface area (Å²) in [5.74, 6) is 0.148. The summed E-state index contributed by atoms with van der Waals surface area (Å²) in [5, 5.41) is 0.840. The summed E-state index contributed by atoms with van der Waals surface area (Å²) < 4.78 is 16.6. The summed E-state index contributed by atoms with van der Waals surface area (Å²) in [6.07, 6.45) is 1.42. The lowest BCUT2D eigenvalue weighted by atomic mass is 9.82. The molecule has 1 aromatic carbocycles. The molecule has 0 aliphatic carbocycles. The summed E-state index contributed by atoms with van der Waals surface area (Å²) >= 11 is 0. The van der Waals surface area contributed by atoms with E-state index in [0.717, 1.165) is 16.5 Å². The van der Waals surface area contributed by atoms with Crippen LogP contribution in [0.15, 0.2) is 45.1 Å². The molecule has 1 unspecified atom stereocenters. The first-order chi connectivity index (χ1) is 11.2. The van der Waals surface area contributed by atoms with Gasteiger partial charge >= 0.3 is 11.6 Å². The second-order valence-corrected chi connectivity index (χ2v) is 7.03. The lowest BCUT2D eigenvalue weighted by molar-refractivity contribution is -0.179. The number of ether oxygens (including phenoxy) is 2. The highest BCUT2D eigenvalue weighted by Gasteiger charge is 2.39. The summed E-state index contributed by atoms with van der Waals surface area (Å²) in [6, 6.07) is 6.76. The van der Waals surface area contributed by atoms with Crippen LogP contribution in [0.2, 0.25) is 0 Å². The fraction of sp³-hybridized carbons (Fsp3) is 0.368. The smallest absolute Gasteiger partial charge is 0.336 e. The van der Waals surface area contributed by atoms with Crippen LogP contribution in [0, 0.1) is 5.41 Å². The average molecular weight is 328 g/mol. The minimum absolute atomic E-state index is 0.374. The number of benzene rings is 1. The molecule has 0 fully saturated rings. The van der Waals surface area contributed by atoms with Crippen LogP contribution in [0.1, 0.15) is 33.3 Å². The summed E-state index contributed by atoms with van der Waals surface area (Å²) in [5.41, 5.74) is 1.53. The number of fused-ring (bicyclic) bond motifs is 2. The molecule has 24 heavy (non-hydrogen) atoms. The van der Waals surface area contributed by atoms with E-state index in [-0.39, 0.29) is 5.41 Å². The van der Waals surface area contributed by atoms with Gasteiger partial charge < -0.3 is 13.9 Å². The van der Waals surface area contributed by atoms with E-state index in [0.29, 0.717) is 17.8 Å². The Balaban J connectivity index is 1.96. The Bertz CT molecular complexity index is 884. The van der Waals surface area contributed by atoms with E-state index in [1.165, 1.54) is 12.1 Å². The van der Waals surface area contributed by atoms with Gasteiger partial charge in [0.25, 0.3) is 0 Å². The van der Waals surface area contributed by atoms with E-state index in [2.05, 4.69) is 0 Å². The van der Waals surface area contributed by atoms with Crippen molar-refractivity contribution in [1.82, 2.24) is 0 Å².